The number of ether oxygens (including phenoxy) is 1. The lowest BCUT2D eigenvalue weighted by Gasteiger charge is -2.41. The summed E-state index contributed by atoms with van der Waals surface area (Å²) in [6.07, 6.45) is -8.89. The lowest BCUT2D eigenvalue weighted by molar-refractivity contribution is -0.143. The Bertz CT molecular complexity index is 1160. The first-order chi connectivity index (χ1) is 17.4. The van der Waals surface area contributed by atoms with Crippen LogP contribution in [0, 0.1) is 0 Å². The van der Waals surface area contributed by atoms with Gasteiger partial charge in [-0.3, -0.25) is 4.90 Å². The average molecular weight is 581 g/mol. The average Bonchev–Trinajstić information content (AvgIpc) is 3.31. The highest BCUT2D eigenvalue weighted by molar-refractivity contribution is 7.05. The molecule has 1 aromatic heterocycles. The molecule has 1 saturated heterocycles. The molecular formula is C25H27ClF6N4OS. The van der Waals surface area contributed by atoms with Gasteiger partial charge >= 0.3 is 12.4 Å². The zero-order valence-electron chi connectivity index (χ0n) is 20.6. The van der Waals surface area contributed by atoms with Crippen LogP contribution in [-0.2, 0) is 30.2 Å². The summed E-state index contributed by atoms with van der Waals surface area (Å²) in [7, 11) is 3.70. The minimum Gasteiger partial charge on any atom is -0.372 e. The van der Waals surface area contributed by atoms with E-state index in [1.165, 1.54) is 11.5 Å². The van der Waals surface area contributed by atoms with Crippen LogP contribution in [0.2, 0.25) is 0 Å². The molecule has 0 radical (unpaired) electrons. The van der Waals surface area contributed by atoms with Crippen molar-refractivity contribution in [3.05, 3.63) is 75.8 Å². The van der Waals surface area contributed by atoms with Crippen LogP contribution in [0.4, 0.5) is 32.3 Å². The smallest absolute Gasteiger partial charge is 0.372 e. The number of likely N-dealkylation sites (tertiary alicyclic amines) is 1. The highest BCUT2D eigenvalue weighted by Gasteiger charge is 2.38. The lowest BCUT2D eigenvalue weighted by atomic mass is 9.92. The van der Waals surface area contributed by atoms with Crippen molar-refractivity contribution >= 4 is 29.9 Å². The van der Waals surface area contributed by atoms with Gasteiger partial charge in [0, 0.05) is 14.1 Å². The normalized spacial score (nSPS) is 18.7. The second-order valence-corrected chi connectivity index (χ2v) is 9.95. The first-order valence-electron chi connectivity index (χ1n) is 11.6. The van der Waals surface area contributed by atoms with Crippen LogP contribution in [0.5, 0.6) is 0 Å². The van der Waals surface area contributed by atoms with Crippen LogP contribution in [0.1, 0.15) is 46.1 Å². The first kappa shape index (κ1) is 30.1. The van der Waals surface area contributed by atoms with Crippen molar-refractivity contribution in [1.82, 2.24) is 14.3 Å². The van der Waals surface area contributed by atoms with Gasteiger partial charge in [0.2, 0.25) is 5.95 Å². The second-order valence-electron chi connectivity index (χ2n) is 9.11. The molecule has 0 amide bonds. The molecule has 0 aliphatic carbocycles. The number of hydrogen-bond acceptors (Lipinski definition) is 6. The van der Waals surface area contributed by atoms with E-state index in [0.717, 1.165) is 35.7 Å². The molecular weight excluding hydrogens is 554 g/mol. The van der Waals surface area contributed by atoms with E-state index in [1.807, 2.05) is 44.4 Å². The molecule has 0 unspecified atom stereocenters. The molecule has 0 spiro atoms. The number of benzene rings is 2. The van der Waals surface area contributed by atoms with Crippen LogP contribution in [0.15, 0.2) is 48.5 Å². The monoisotopic (exact) mass is 580 g/mol. The fourth-order valence-corrected chi connectivity index (χ4v) is 5.16. The fourth-order valence-electron chi connectivity index (χ4n) is 4.43. The van der Waals surface area contributed by atoms with Gasteiger partial charge in [0.05, 0.1) is 36.4 Å². The number of alkyl halides is 6. The summed E-state index contributed by atoms with van der Waals surface area (Å²) in [6.45, 7) is 0.850. The number of aromatic nitrogens is 2. The maximum Gasteiger partial charge on any atom is 0.416 e. The summed E-state index contributed by atoms with van der Waals surface area (Å²) in [6, 6.07) is 10.8. The van der Waals surface area contributed by atoms with Crippen molar-refractivity contribution in [2.45, 2.75) is 50.5 Å². The van der Waals surface area contributed by atoms with Crippen molar-refractivity contribution in [1.29, 1.82) is 0 Å². The topological polar surface area (TPSA) is 41.5 Å². The molecule has 3 aromatic rings. The molecule has 1 fully saturated rings. The predicted molar refractivity (Wildman–Crippen MR) is 135 cm³/mol. The minimum atomic E-state index is -4.91. The molecule has 0 bridgehead atoms. The van der Waals surface area contributed by atoms with Gasteiger partial charge < -0.3 is 9.64 Å². The molecule has 5 nitrogen and oxygen atoms in total. The third-order valence-corrected chi connectivity index (χ3v) is 6.81. The summed E-state index contributed by atoms with van der Waals surface area (Å²) in [5, 5.41) is 0.804. The zero-order chi connectivity index (χ0) is 26.8. The lowest BCUT2D eigenvalue weighted by Crippen LogP contribution is -2.42. The molecule has 13 heteroatoms. The number of anilines is 1. The molecule has 208 valence electrons. The molecule has 0 saturated carbocycles. The van der Waals surface area contributed by atoms with E-state index in [2.05, 4.69) is 14.3 Å². The summed E-state index contributed by atoms with van der Waals surface area (Å²) in [5.74, 6) is 0.603. The van der Waals surface area contributed by atoms with Crippen LogP contribution < -0.4 is 4.90 Å². The maximum absolute atomic E-state index is 13.3. The molecule has 2 aromatic carbocycles. The van der Waals surface area contributed by atoms with Crippen molar-refractivity contribution in [3.8, 4) is 0 Å². The van der Waals surface area contributed by atoms with E-state index < -0.39 is 29.6 Å². The molecule has 0 N–H and O–H groups in total. The van der Waals surface area contributed by atoms with Crippen molar-refractivity contribution in [2.75, 3.05) is 25.5 Å². The van der Waals surface area contributed by atoms with Gasteiger partial charge in [0.1, 0.15) is 5.01 Å². The predicted octanol–water partition coefficient (Wildman–Crippen LogP) is 6.99. The second kappa shape index (κ2) is 12.2. The van der Waals surface area contributed by atoms with Crippen molar-refractivity contribution in [3.63, 3.8) is 0 Å². The molecule has 4 rings (SSSR count). The molecule has 2 atom stereocenters. The number of rotatable bonds is 7. The van der Waals surface area contributed by atoms with Gasteiger partial charge in [0.25, 0.3) is 0 Å². The Balaban J connectivity index is 0.00000400. The van der Waals surface area contributed by atoms with Gasteiger partial charge in [-0.05, 0) is 60.2 Å². The molecule has 2 heterocycles. The van der Waals surface area contributed by atoms with E-state index >= 15 is 0 Å². The number of hydrogen-bond donors (Lipinski definition) is 0. The van der Waals surface area contributed by atoms with Crippen LogP contribution in [0.3, 0.4) is 0 Å². The fraction of sp³-hybridized carbons (Fsp3) is 0.440. The van der Waals surface area contributed by atoms with Gasteiger partial charge in [-0.2, -0.15) is 30.7 Å². The Morgan fingerprint density at radius 1 is 1.00 bits per heavy atom. The highest BCUT2D eigenvalue weighted by Crippen LogP contribution is 2.38. The third-order valence-electron chi connectivity index (χ3n) is 6.13. The zero-order valence-corrected chi connectivity index (χ0v) is 22.2. The summed E-state index contributed by atoms with van der Waals surface area (Å²) < 4.78 is 90.2. The van der Waals surface area contributed by atoms with E-state index in [1.54, 1.807) is 4.90 Å². The summed E-state index contributed by atoms with van der Waals surface area (Å²) in [5.41, 5.74) is -1.92. The maximum atomic E-state index is 13.3. The van der Waals surface area contributed by atoms with E-state index in [0.29, 0.717) is 18.9 Å². The van der Waals surface area contributed by atoms with E-state index in [-0.39, 0.29) is 36.7 Å². The minimum absolute atomic E-state index is 0. The summed E-state index contributed by atoms with van der Waals surface area (Å²) in [4.78, 5) is 8.54. The number of nitrogens with zero attached hydrogens (tertiary/aromatic N) is 4. The van der Waals surface area contributed by atoms with E-state index in [9.17, 15) is 26.3 Å². The Kier molecular flexibility index (Phi) is 9.66. The van der Waals surface area contributed by atoms with Crippen molar-refractivity contribution in [2.24, 2.45) is 0 Å². The Morgan fingerprint density at radius 3 is 2.18 bits per heavy atom. The van der Waals surface area contributed by atoms with Crippen molar-refractivity contribution < 1.29 is 31.1 Å². The van der Waals surface area contributed by atoms with Gasteiger partial charge in [-0.25, -0.2) is 4.98 Å². The number of piperidine rings is 1. The van der Waals surface area contributed by atoms with E-state index in [4.69, 9.17) is 4.74 Å². The molecule has 38 heavy (non-hydrogen) atoms. The van der Waals surface area contributed by atoms with Crippen LogP contribution in [-0.4, -0.2) is 41.0 Å². The molecule has 1 aliphatic heterocycles. The first-order valence-corrected chi connectivity index (χ1v) is 12.4. The Morgan fingerprint density at radius 2 is 1.63 bits per heavy atom. The van der Waals surface area contributed by atoms with Gasteiger partial charge in [-0.1, -0.05) is 30.3 Å². The van der Waals surface area contributed by atoms with Crippen LogP contribution in [0.25, 0.3) is 0 Å². The van der Waals surface area contributed by atoms with Crippen LogP contribution >= 0.6 is 23.9 Å². The number of halogens is 7. The summed E-state index contributed by atoms with van der Waals surface area (Å²) >= 11 is 1.29. The standard InChI is InChI=1S/C25H26F6N4OS.ClH/c1-34(2)23-32-21(37-33-23)14-35-10-6-9-20(22(35)17-7-4-3-5-8-17)36-15-16-11-18(24(26,27)28)13-19(12-16)25(29,30)31;/h3-5,7-8,11-13,20,22H,6,9-10,14-15H2,1-2H3;1H/t20-,22-;/m1./s1. The van der Waals surface area contributed by atoms with Gasteiger partial charge in [0.15, 0.2) is 0 Å². The third kappa shape index (κ3) is 7.37. The Hall–Kier alpha value is -2.41. The largest absolute Gasteiger partial charge is 0.416 e. The molecule has 1 aliphatic rings. The van der Waals surface area contributed by atoms with Gasteiger partial charge in [-0.15, -0.1) is 12.4 Å². The Labute approximate surface area is 227 Å². The quantitative estimate of drug-likeness (QED) is 0.282. The SMILES string of the molecule is CN(C)c1nsc(CN2CCC[C@@H](OCc3cc(C(F)(F)F)cc(C(F)(F)F)c3)[C@H]2c2ccccc2)n1.Cl. The highest BCUT2D eigenvalue weighted by atomic mass is 35.5.